The van der Waals surface area contributed by atoms with Gasteiger partial charge in [-0.1, -0.05) is 0 Å². The molecule has 0 amide bonds. The number of nitrogen functional groups attached to an aromatic ring is 1. The molecule has 0 aliphatic heterocycles. The Bertz CT molecular complexity index is 341. The van der Waals surface area contributed by atoms with E-state index >= 15 is 0 Å². The SMILES string of the molecule is COCCN(CC(O)Cn1cc(N)cn1)C(C)C. The van der Waals surface area contributed by atoms with E-state index in [9.17, 15) is 5.11 Å². The summed E-state index contributed by atoms with van der Waals surface area (Å²) >= 11 is 0. The zero-order chi connectivity index (χ0) is 13.5. The van der Waals surface area contributed by atoms with Crippen LogP contribution in [0, 0.1) is 0 Å². The maximum atomic E-state index is 10.0. The van der Waals surface area contributed by atoms with Crippen LogP contribution >= 0.6 is 0 Å². The first kappa shape index (κ1) is 14.9. The van der Waals surface area contributed by atoms with Crippen molar-refractivity contribution in [2.24, 2.45) is 0 Å². The van der Waals surface area contributed by atoms with Crippen molar-refractivity contribution in [1.29, 1.82) is 0 Å². The summed E-state index contributed by atoms with van der Waals surface area (Å²) in [7, 11) is 1.68. The molecule has 1 aromatic rings. The average Bonchev–Trinajstić information content (AvgIpc) is 2.69. The van der Waals surface area contributed by atoms with Gasteiger partial charge in [0.25, 0.3) is 0 Å². The maximum Gasteiger partial charge on any atom is 0.0862 e. The van der Waals surface area contributed by atoms with Crippen molar-refractivity contribution in [1.82, 2.24) is 14.7 Å². The Kier molecular flexibility index (Phi) is 6.11. The van der Waals surface area contributed by atoms with Crippen LogP contribution in [0.15, 0.2) is 12.4 Å². The summed E-state index contributed by atoms with van der Waals surface area (Å²) in [5, 5.41) is 14.1. The molecule has 1 rings (SSSR count). The second-order valence-electron chi connectivity index (χ2n) is 4.73. The predicted molar refractivity (Wildman–Crippen MR) is 71.2 cm³/mol. The summed E-state index contributed by atoms with van der Waals surface area (Å²) in [6, 6.07) is 0.373. The number of methoxy groups -OCH3 is 1. The molecule has 6 heteroatoms. The number of hydrogen-bond acceptors (Lipinski definition) is 5. The number of aliphatic hydroxyl groups excluding tert-OH is 1. The van der Waals surface area contributed by atoms with Crippen LogP contribution in [0.4, 0.5) is 5.69 Å². The average molecular weight is 256 g/mol. The lowest BCUT2D eigenvalue weighted by Crippen LogP contribution is -2.41. The lowest BCUT2D eigenvalue weighted by molar-refractivity contribution is 0.0620. The van der Waals surface area contributed by atoms with Gasteiger partial charge in [-0.05, 0) is 13.8 Å². The monoisotopic (exact) mass is 256 g/mol. The van der Waals surface area contributed by atoms with E-state index in [1.54, 1.807) is 24.2 Å². The molecule has 6 nitrogen and oxygen atoms in total. The fraction of sp³-hybridized carbons (Fsp3) is 0.750. The number of anilines is 1. The minimum absolute atomic E-state index is 0.373. The normalized spacial score (nSPS) is 13.4. The van der Waals surface area contributed by atoms with Crippen LogP contribution in [0.5, 0.6) is 0 Å². The van der Waals surface area contributed by atoms with Crippen molar-refractivity contribution in [3.8, 4) is 0 Å². The van der Waals surface area contributed by atoms with E-state index < -0.39 is 6.10 Å². The lowest BCUT2D eigenvalue weighted by Gasteiger charge is -2.28. The largest absolute Gasteiger partial charge is 0.396 e. The fourth-order valence-electron chi connectivity index (χ4n) is 1.79. The van der Waals surface area contributed by atoms with Gasteiger partial charge in [0.05, 0.1) is 31.1 Å². The van der Waals surface area contributed by atoms with Crippen molar-refractivity contribution in [3.05, 3.63) is 12.4 Å². The molecule has 0 saturated carbocycles. The van der Waals surface area contributed by atoms with E-state index in [4.69, 9.17) is 10.5 Å². The molecule has 18 heavy (non-hydrogen) atoms. The van der Waals surface area contributed by atoms with E-state index in [0.29, 0.717) is 31.4 Å². The highest BCUT2D eigenvalue weighted by Gasteiger charge is 2.15. The third-order valence-corrected chi connectivity index (χ3v) is 2.81. The van der Waals surface area contributed by atoms with E-state index in [-0.39, 0.29) is 0 Å². The van der Waals surface area contributed by atoms with Crippen LogP contribution < -0.4 is 5.73 Å². The molecule has 0 saturated heterocycles. The molecular formula is C12H24N4O2. The van der Waals surface area contributed by atoms with Gasteiger partial charge in [0.2, 0.25) is 0 Å². The summed E-state index contributed by atoms with van der Waals surface area (Å²) < 4.78 is 6.73. The van der Waals surface area contributed by atoms with Crippen LogP contribution in [0.1, 0.15) is 13.8 Å². The standard InChI is InChI=1S/C12H24N4O2/c1-10(2)15(4-5-18-3)8-12(17)9-16-7-11(13)6-14-16/h6-7,10,12,17H,4-5,8-9,13H2,1-3H3. The molecule has 1 heterocycles. The van der Waals surface area contributed by atoms with Gasteiger partial charge in [0.15, 0.2) is 0 Å². The van der Waals surface area contributed by atoms with Crippen LogP contribution in [0.2, 0.25) is 0 Å². The molecular weight excluding hydrogens is 232 g/mol. The van der Waals surface area contributed by atoms with Gasteiger partial charge >= 0.3 is 0 Å². The second-order valence-corrected chi connectivity index (χ2v) is 4.73. The maximum absolute atomic E-state index is 10.0. The highest BCUT2D eigenvalue weighted by molar-refractivity contribution is 5.30. The van der Waals surface area contributed by atoms with Crippen molar-refractivity contribution in [3.63, 3.8) is 0 Å². The third kappa shape index (κ3) is 5.03. The molecule has 0 radical (unpaired) electrons. The van der Waals surface area contributed by atoms with E-state index in [1.165, 1.54) is 0 Å². The highest BCUT2D eigenvalue weighted by Crippen LogP contribution is 2.04. The zero-order valence-electron chi connectivity index (χ0n) is 11.4. The Labute approximate surface area is 108 Å². The van der Waals surface area contributed by atoms with Gasteiger partial charge in [0.1, 0.15) is 0 Å². The first-order valence-electron chi connectivity index (χ1n) is 6.22. The summed E-state index contributed by atoms with van der Waals surface area (Å²) in [5.74, 6) is 0. The Morgan fingerprint density at radius 1 is 1.56 bits per heavy atom. The van der Waals surface area contributed by atoms with Gasteiger partial charge in [0, 0.05) is 32.4 Å². The first-order chi connectivity index (χ1) is 8.52. The summed E-state index contributed by atoms with van der Waals surface area (Å²) in [5.41, 5.74) is 6.19. The summed E-state index contributed by atoms with van der Waals surface area (Å²) in [4.78, 5) is 2.18. The first-order valence-corrected chi connectivity index (χ1v) is 6.22. The molecule has 3 N–H and O–H groups in total. The van der Waals surface area contributed by atoms with Gasteiger partial charge in [-0.2, -0.15) is 5.10 Å². The molecule has 0 fully saturated rings. The number of ether oxygens (including phenoxy) is 1. The minimum atomic E-state index is -0.469. The van der Waals surface area contributed by atoms with Gasteiger partial charge in [-0.3, -0.25) is 9.58 Å². The lowest BCUT2D eigenvalue weighted by atomic mass is 10.2. The fourth-order valence-corrected chi connectivity index (χ4v) is 1.79. The number of nitrogens with two attached hydrogens (primary N) is 1. The summed E-state index contributed by atoms with van der Waals surface area (Å²) in [6.07, 6.45) is 2.83. The van der Waals surface area contributed by atoms with Gasteiger partial charge < -0.3 is 15.6 Å². The van der Waals surface area contributed by atoms with Gasteiger partial charge in [-0.25, -0.2) is 0 Å². The summed E-state index contributed by atoms with van der Waals surface area (Å²) in [6.45, 7) is 6.74. The number of aliphatic hydroxyl groups is 1. The quantitative estimate of drug-likeness (QED) is 0.694. The van der Waals surface area contributed by atoms with Crippen molar-refractivity contribution in [2.75, 3.05) is 32.5 Å². The Balaban J connectivity index is 2.42. The molecule has 1 atom stereocenters. The minimum Gasteiger partial charge on any atom is -0.396 e. The van der Waals surface area contributed by atoms with E-state index in [1.807, 2.05) is 0 Å². The number of nitrogens with zero attached hydrogens (tertiary/aromatic N) is 3. The molecule has 0 aliphatic rings. The number of hydrogen-bond donors (Lipinski definition) is 2. The van der Waals surface area contributed by atoms with E-state index in [0.717, 1.165) is 6.54 Å². The van der Waals surface area contributed by atoms with Crippen LogP contribution in [0.3, 0.4) is 0 Å². The van der Waals surface area contributed by atoms with Crippen LogP contribution in [-0.2, 0) is 11.3 Å². The van der Waals surface area contributed by atoms with Crippen molar-refractivity contribution < 1.29 is 9.84 Å². The van der Waals surface area contributed by atoms with Crippen molar-refractivity contribution >= 4 is 5.69 Å². The van der Waals surface area contributed by atoms with Crippen LogP contribution in [0.25, 0.3) is 0 Å². The molecule has 1 unspecified atom stereocenters. The molecule has 104 valence electrons. The van der Waals surface area contributed by atoms with Crippen molar-refractivity contribution in [2.45, 2.75) is 32.5 Å². The smallest absolute Gasteiger partial charge is 0.0862 e. The predicted octanol–water partition coefficient (Wildman–Crippen LogP) is 0.183. The Hall–Kier alpha value is -1.11. The molecule has 0 aromatic carbocycles. The highest BCUT2D eigenvalue weighted by atomic mass is 16.5. The second kappa shape index (κ2) is 7.35. The van der Waals surface area contributed by atoms with E-state index in [2.05, 4.69) is 23.8 Å². The Morgan fingerprint density at radius 3 is 2.78 bits per heavy atom. The van der Waals surface area contributed by atoms with Gasteiger partial charge in [-0.15, -0.1) is 0 Å². The Morgan fingerprint density at radius 2 is 2.28 bits per heavy atom. The molecule has 0 aliphatic carbocycles. The van der Waals surface area contributed by atoms with Crippen LogP contribution in [-0.4, -0.2) is 58.7 Å². The zero-order valence-corrected chi connectivity index (χ0v) is 11.4. The number of aromatic nitrogens is 2. The number of rotatable bonds is 8. The third-order valence-electron chi connectivity index (χ3n) is 2.81. The molecule has 1 aromatic heterocycles. The molecule has 0 bridgehead atoms. The molecule has 0 spiro atoms. The topological polar surface area (TPSA) is 76.5 Å².